The molecule has 1 atom stereocenters. The Labute approximate surface area is 185 Å². The molecule has 178 valence electrons. The highest BCUT2D eigenvalue weighted by atomic mass is 19.3. The number of amides is 1. The second-order valence-electron chi connectivity index (χ2n) is 7.28. The van der Waals surface area contributed by atoms with Gasteiger partial charge in [0.2, 0.25) is 5.88 Å². The molecule has 0 aliphatic carbocycles. The molecular formula is C20H21F4N5O4. The number of nitrogens with one attached hydrogen (secondary N) is 1. The van der Waals surface area contributed by atoms with Gasteiger partial charge in [-0.2, -0.15) is 13.9 Å². The summed E-state index contributed by atoms with van der Waals surface area (Å²) < 4.78 is 56.9. The molecule has 0 bridgehead atoms. The third-order valence-corrected chi connectivity index (χ3v) is 4.56. The number of ether oxygens (including phenoxy) is 1. The molecule has 0 aliphatic rings. The second-order valence-corrected chi connectivity index (χ2v) is 7.28. The van der Waals surface area contributed by atoms with Gasteiger partial charge in [-0.15, -0.1) is 0 Å². The van der Waals surface area contributed by atoms with E-state index in [0.29, 0.717) is 22.0 Å². The molecule has 0 saturated carbocycles. The van der Waals surface area contributed by atoms with E-state index < -0.39 is 37.6 Å². The van der Waals surface area contributed by atoms with Crippen LogP contribution >= 0.6 is 0 Å². The fourth-order valence-corrected chi connectivity index (χ4v) is 2.89. The average Bonchev–Trinajstić information content (AvgIpc) is 3.18. The summed E-state index contributed by atoms with van der Waals surface area (Å²) in [5.74, 6) is -5.01. The Morgan fingerprint density at radius 2 is 2.09 bits per heavy atom. The van der Waals surface area contributed by atoms with Crippen molar-refractivity contribution in [1.82, 2.24) is 25.1 Å². The lowest BCUT2D eigenvalue weighted by Crippen LogP contribution is -2.34. The molecule has 0 aliphatic heterocycles. The van der Waals surface area contributed by atoms with Crippen LogP contribution < -0.4 is 10.1 Å². The molecule has 0 saturated heterocycles. The molecule has 3 aromatic rings. The Morgan fingerprint density at radius 3 is 2.76 bits per heavy atom. The summed E-state index contributed by atoms with van der Waals surface area (Å²) in [7, 11) is 0. The van der Waals surface area contributed by atoms with Gasteiger partial charge in [0.05, 0.1) is 30.2 Å². The maximum absolute atomic E-state index is 13.1. The first-order valence-electron chi connectivity index (χ1n) is 9.74. The molecule has 0 aromatic carbocycles. The third-order valence-electron chi connectivity index (χ3n) is 4.56. The number of fused-ring (bicyclic) bond motifs is 1. The summed E-state index contributed by atoms with van der Waals surface area (Å²) >= 11 is 0. The van der Waals surface area contributed by atoms with Gasteiger partial charge in [-0.3, -0.25) is 14.5 Å². The van der Waals surface area contributed by atoms with E-state index in [1.165, 1.54) is 17.1 Å². The van der Waals surface area contributed by atoms with Crippen LogP contribution in [0, 0.1) is 6.92 Å². The number of hydrogen-bond donors (Lipinski definition) is 3. The van der Waals surface area contributed by atoms with Gasteiger partial charge < -0.3 is 20.3 Å². The van der Waals surface area contributed by atoms with E-state index in [-0.39, 0.29) is 24.7 Å². The van der Waals surface area contributed by atoms with Gasteiger partial charge in [-0.05, 0) is 24.6 Å². The molecule has 0 fully saturated rings. The number of alkyl halides is 4. The van der Waals surface area contributed by atoms with E-state index in [9.17, 15) is 27.5 Å². The van der Waals surface area contributed by atoms with Crippen molar-refractivity contribution in [1.29, 1.82) is 0 Å². The van der Waals surface area contributed by atoms with Gasteiger partial charge >= 0.3 is 12.3 Å². The van der Waals surface area contributed by atoms with Crippen molar-refractivity contribution in [2.45, 2.75) is 31.9 Å². The van der Waals surface area contributed by atoms with Crippen molar-refractivity contribution in [2.75, 3.05) is 19.8 Å². The van der Waals surface area contributed by atoms with Crippen LogP contribution in [0.1, 0.15) is 21.6 Å². The fraction of sp³-hybridized carbons (Fsp3) is 0.400. The van der Waals surface area contributed by atoms with Crippen LogP contribution in [-0.4, -0.2) is 74.1 Å². The first-order valence-corrected chi connectivity index (χ1v) is 9.74. The van der Waals surface area contributed by atoms with Gasteiger partial charge in [0.25, 0.3) is 5.91 Å². The van der Waals surface area contributed by atoms with Crippen LogP contribution in [0.15, 0.2) is 30.7 Å². The highest BCUT2D eigenvalue weighted by Crippen LogP contribution is 2.25. The van der Waals surface area contributed by atoms with E-state index in [2.05, 4.69) is 20.4 Å². The average molecular weight is 471 g/mol. The predicted molar refractivity (Wildman–Crippen MR) is 107 cm³/mol. The monoisotopic (exact) mass is 471 g/mol. The SMILES string of the molecule is Cc1cc(Cn2cc3c(C(=O)NC[C@@H](O)CO)nccc3n2)cnc1OCC(F)(F)C(F)F. The van der Waals surface area contributed by atoms with Crippen LogP contribution in [0.2, 0.25) is 0 Å². The minimum absolute atomic E-state index is 0.0851. The molecule has 0 radical (unpaired) electrons. The van der Waals surface area contributed by atoms with E-state index in [1.807, 2.05) is 0 Å². The van der Waals surface area contributed by atoms with E-state index in [0.717, 1.165) is 0 Å². The number of pyridine rings is 2. The maximum Gasteiger partial charge on any atom is 0.340 e. The third kappa shape index (κ3) is 5.93. The molecule has 0 spiro atoms. The molecule has 0 unspecified atom stereocenters. The smallest absolute Gasteiger partial charge is 0.340 e. The highest BCUT2D eigenvalue weighted by Gasteiger charge is 2.42. The van der Waals surface area contributed by atoms with Crippen molar-refractivity contribution < 1.29 is 37.3 Å². The van der Waals surface area contributed by atoms with Crippen LogP contribution in [0.4, 0.5) is 17.6 Å². The highest BCUT2D eigenvalue weighted by molar-refractivity contribution is 6.04. The summed E-state index contributed by atoms with van der Waals surface area (Å²) in [6, 6.07) is 3.20. The molecule has 9 nitrogen and oxygen atoms in total. The minimum Gasteiger partial charge on any atom is -0.471 e. The minimum atomic E-state index is -4.28. The topological polar surface area (TPSA) is 122 Å². The van der Waals surface area contributed by atoms with Gasteiger partial charge in [-0.1, -0.05) is 0 Å². The Balaban J connectivity index is 1.73. The van der Waals surface area contributed by atoms with Crippen LogP contribution in [0.3, 0.4) is 0 Å². The Morgan fingerprint density at radius 1 is 1.33 bits per heavy atom. The van der Waals surface area contributed by atoms with Crippen LogP contribution in [0.5, 0.6) is 5.88 Å². The molecule has 3 heterocycles. The molecule has 3 aromatic heterocycles. The number of nitrogens with zero attached hydrogens (tertiary/aromatic N) is 4. The zero-order valence-corrected chi connectivity index (χ0v) is 17.4. The van der Waals surface area contributed by atoms with Crippen molar-refractivity contribution in [2.24, 2.45) is 0 Å². The Kier molecular flexibility index (Phi) is 7.43. The number of aryl methyl sites for hydroxylation is 1. The van der Waals surface area contributed by atoms with Crippen molar-refractivity contribution >= 4 is 16.8 Å². The number of halogens is 4. The van der Waals surface area contributed by atoms with Crippen molar-refractivity contribution in [3.05, 3.63) is 47.5 Å². The fourth-order valence-electron chi connectivity index (χ4n) is 2.89. The molecule has 13 heteroatoms. The largest absolute Gasteiger partial charge is 0.471 e. The van der Waals surface area contributed by atoms with E-state index in [4.69, 9.17) is 9.84 Å². The van der Waals surface area contributed by atoms with Gasteiger partial charge in [0.1, 0.15) is 5.69 Å². The number of hydrogen-bond acceptors (Lipinski definition) is 7. The molecular weight excluding hydrogens is 450 g/mol. The van der Waals surface area contributed by atoms with E-state index in [1.54, 1.807) is 25.3 Å². The molecule has 33 heavy (non-hydrogen) atoms. The lowest BCUT2D eigenvalue weighted by molar-refractivity contribution is -0.148. The van der Waals surface area contributed by atoms with E-state index >= 15 is 0 Å². The summed E-state index contributed by atoms with van der Waals surface area (Å²) in [4.78, 5) is 20.4. The standard InChI is InChI=1S/C20H21F4N5O4/c1-11-4-12(5-27-18(11)33-10-20(23,24)19(21)22)7-29-8-14-15(28-29)2-3-25-16(14)17(32)26-6-13(31)9-30/h2-5,8,13,19,30-31H,6-7,9-10H2,1H3,(H,26,32)/t13-/m1/s1. The number of rotatable bonds is 10. The Bertz CT molecular complexity index is 1130. The molecule has 3 rings (SSSR count). The number of aromatic nitrogens is 4. The first-order chi connectivity index (χ1) is 15.6. The summed E-state index contributed by atoms with van der Waals surface area (Å²) in [6.45, 7) is -0.388. The zero-order chi connectivity index (χ0) is 24.2. The summed E-state index contributed by atoms with van der Waals surface area (Å²) in [5, 5.41) is 25.5. The quantitative estimate of drug-likeness (QED) is 0.384. The maximum atomic E-state index is 13.1. The van der Waals surface area contributed by atoms with Gasteiger partial charge in [-0.25, -0.2) is 13.8 Å². The normalized spacial score (nSPS) is 12.8. The zero-order valence-electron chi connectivity index (χ0n) is 17.4. The van der Waals surface area contributed by atoms with Crippen molar-refractivity contribution in [3.8, 4) is 5.88 Å². The number of carbonyl (C=O) groups excluding carboxylic acids is 1. The number of aliphatic hydroxyl groups excluding tert-OH is 2. The summed E-state index contributed by atoms with van der Waals surface area (Å²) in [6.07, 6.45) is -0.600. The Hall–Kier alpha value is -3.32. The van der Waals surface area contributed by atoms with Gasteiger partial charge in [0.15, 0.2) is 6.61 Å². The lowest BCUT2D eigenvalue weighted by atomic mass is 10.2. The number of aliphatic hydroxyl groups is 2. The summed E-state index contributed by atoms with van der Waals surface area (Å²) in [5.41, 5.74) is 1.57. The number of carbonyl (C=O) groups is 1. The first kappa shape index (κ1) is 24.3. The molecule has 1 amide bonds. The second kappa shape index (κ2) is 10.1. The lowest BCUT2D eigenvalue weighted by Gasteiger charge is -2.16. The predicted octanol–water partition coefficient (Wildman–Crippen LogP) is 1.55. The van der Waals surface area contributed by atoms with Crippen molar-refractivity contribution in [3.63, 3.8) is 0 Å². The van der Waals surface area contributed by atoms with Crippen LogP contribution in [-0.2, 0) is 6.54 Å². The van der Waals surface area contributed by atoms with Crippen LogP contribution in [0.25, 0.3) is 10.9 Å². The van der Waals surface area contributed by atoms with Gasteiger partial charge in [0, 0.05) is 30.7 Å². The molecule has 3 N–H and O–H groups in total.